The lowest BCUT2D eigenvalue weighted by molar-refractivity contribution is 0.102. The highest BCUT2D eigenvalue weighted by Gasteiger charge is 2.19. The van der Waals surface area contributed by atoms with Gasteiger partial charge in [-0.3, -0.25) is 10.1 Å². The molecule has 0 fully saturated rings. The first-order valence-electron chi connectivity index (χ1n) is 10.1. The molecule has 0 saturated heterocycles. The lowest BCUT2D eigenvalue weighted by atomic mass is 10.1. The van der Waals surface area contributed by atoms with E-state index >= 15 is 0 Å². The molecular weight excluding hydrogens is 453 g/mol. The Kier molecular flexibility index (Phi) is 8.69. The minimum atomic E-state index is -0.360. The molecule has 3 aromatic rings. The Hall–Kier alpha value is -2.85. The van der Waals surface area contributed by atoms with Crippen LogP contribution < -0.4 is 19.5 Å². The molecule has 0 spiro atoms. The normalized spacial score (nSPS) is 10.6. The van der Waals surface area contributed by atoms with Crippen LogP contribution in [0.2, 0.25) is 0 Å². The number of anilines is 1. The van der Waals surface area contributed by atoms with Crippen LogP contribution in [-0.2, 0) is 5.75 Å². The summed E-state index contributed by atoms with van der Waals surface area (Å²) in [6, 6.07) is 9.51. The molecular formula is C22H24FN3O4S2. The van der Waals surface area contributed by atoms with E-state index in [4.69, 9.17) is 14.2 Å². The lowest BCUT2D eigenvalue weighted by Gasteiger charge is -2.16. The summed E-state index contributed by atoms with van der Waals surface area (Å²) >= 11 is 2.50. The maximum atomic E-state index is 13.0. The van der Waals surface area contributed by atoms with Crippen molar-refractivity contribution in [2.75, 3.05) is 25.1 Å². The number of thioether (sulfide) groups is 1. The number of carbonyl (C=O) groups excluding carboxylic acids is 1. The lowest BCUT2D eigenvalue weighted by Crippen LogP contribution is -2.13. The van der Waals surface area contributed by atoms with E-state index in [9.17, 15) is 9.18 Å². The Morgan fingerprint density at radius 2 is 1.66 bits per heavy atom. The molecule has 1 amide bonds. The maximum absolute atomic E-state index is 13.0. The van der Waals surface area contributed by atoms with Crippen molar-refractivity contribution >= 4 is 34.3 Å². The number of ether oxygens (including phenoxy) is 3. The van der Waals surface area contributed by atoms with Crippen molar-refractivity contribution in [3.05, 3.63) is 53.3 Å². The van der Waals surface area contributed by atoms with Crippen LogP contribution in [0.25, 0.3) is 0 Å². The number of aromatic nitrogens is 2. The molecule has 10 heteroatoms. The van der Waals surface area contributed by atoms with Gasteiger partial charge in [-0.2, -0.15) is 9.36 Å². The van der Waals surface area contributed by atoms with Crippen molar-refractivity contribution in [3.63, 3.8) is 0 Å². The molecule has 0 bridgehead atoms. The van der Waals surface area contributed by atoms with Gasteiger partial charge in [-0.05, 0) is 50.6 Å². The molecule has 7 nitrogen and oxygen atoms in total. The van der Waals surface area contributed by atoms with Crippen molar-refractivity contribution in [1.82, 2.24) is 9.36 Å². The summed E-state index contributed by atoms with van der Waals surface area (Å²) in [5, 5.41) is 3.68. The van der Waals surface area contributed by atoms with E-state index in [0.29, 0.717) is 58.7 Å². The molecule has 32 heavy (non-hydrogen) atoms. The molecule has 2 aromatic carbocycles. The molecule has 1 heterocycles. The highest BCUT2D eigenvalue weighted by atomic mass is 32.2. The van der Waals surface area contributed by atoms with Crippen LogP contribution in [0.5, 0.6) is 17.2 Å². The van der Waals surface area contributed by atoms with Crippen molar-refractivity contribution < 1.29 is 23.4 Å². The summed E-state index contributed by atoms with van der Waals surface area (Å²) in [6.07, 6.45) is 0. The van der Waals surface area contributed by atoms with Gasteiger partial charge >= 0.3 is 0 Å². The average Bonchev–Trinajstić information content (AvgIpc) is 3.23. The summed E-state index contributed by atoms with van der Waals surface area (Å²) in [6.45, 7) is 6.86. The van der Waals surface area contributed by atoms with Crippen molar-refractivity contribution in [2.24, 2.45) is 0 Å². The minimum absolute atomic E-state index is 0.273. The van der Waals surface area contributed by atoms with Crippen molar-refractivity contribution in [3.8, 4) is 17.2 Å². The fourth-order valence-electron chi connectivity index (χ4n) is 2.74. The number of hydrogen-bond donors (Lipinski definition) is 1. The van der Waals surface area contributed by atoms with Gasteiger partial charge in [0, 0.05) is 22.8 Å². The number of rotatable bonds is 11. The first kappa shape index (κ1) is 23.8. The molecule has 0 atom stereocenters. The number of amides is 1. The van der Waals surface area contributed by atoms with E-state index in [2.05, 4.69) is 14.7 Å². The second kappa shape index (κ2) is 11.7. The largest absolute Gasteiger partial charge is 0.490 e. The standard InChI is InChI=1S/C22H24FN3O4S2/c1-4-28-17-11-15(12-18(29-5-2)19(17)30-6-3)20(27)24-21-25-22(26-32-21)31-13-14-7-9-16(23)10-8-14/h7-12H,4-6,13H2,1-3H3,(H,24,25,26,27). The molecule has 1 aromatic heterocycles. The fraction of sp³-hybridized carbons (Fsp3) is 0.318. The third-order valence-electron chi connectivity index (χ3n) is 4.08. The van der Waals surface area contributed by atoms with Gasteiger partial charge in [-0.1, -0.05) is 23.9 Å². The van der Waals surface area contributed by atoms with E-state index in [1.807, 2.05) is 20.8 Å². The second-order valence-electron chi connectivity index (χ2n) is 6.35. The number of halogens is 1. The van der Waals surface area contributed by atoms with Gasteiger partial charge in [0.15, 0.2) is 11.5 Å². The van der Waals surface area contributed by atoms with E-state index in [1.54, 1.807) is 24.3 Å². The van der Waals surface area contributed by atoms with Gasteiger partial charge in [-0.15, -0.1) is 0 Å². The zero-order chi connectivity index (χ0) is 22.9. The predicted molar refractivity (Wildman–Crippen MR) is 124 cm³/mol. The van der Waals surface area contributed by atoms with Crippen LogP contribution in [-0.4, -0.2) is 35.1 Å². The summed E-state index contributed by atoms with van der Waals surface area (Å²) in [5.74, 6) is 1.32. The van der Waals surface area contributed by atoms with Crippen LogP contribution in [0, 0.1) is 5.82 Å². The molecule has 0 unspecified atom stereocenters. The zero-order valence-electron chi connectivity index (χ0n) is 18.0. The third kappa shape index (κ3) is 6.33. The SMILES string of the molecule is CCOc1cc(C(=O)Nc2nc(SCc3ccc(F)cc3)ns2)cc(OCC)c1OCC. The Balaban J connectivity index is 1.71. The molecule has 0 radical (unpaired) electrons. The first-order valence-corrected chi connectivity index (χ1v) is 11.9. The Morgan fingerprint density at radius 3 is 2.25 bits per heavy atom. The highest BCUT2D eigenvalue weighted by molar-refractivity contribution is 7.98. The van der Waals surface area contributed by atoms with Crippen molar-refractivity contribution in [1.29, 1.82) is 0 Å². The van der Waals surface area contributed by atoms with Gasteiger partial charge in [0.2, 0.25) is 16.0 Å². The van der Waals surface area contributed by atoms with Crippen LogP contribution in [0.1, 0.15) is 36.7 Å². The summed E-state index contributed by atoms with van der Waals surface area (Å²) in [4.78, 5) is 17.2. The van der Waals surface area contributed by atoms with Gasteiger partial charge in [0.05, 0.1) is 19.8 Å². The van der Waals surface area contributed by atoms with E-state index in [0.717, 1.165) is 17.1 Å². The van der Waals surface area contributed by atoms with Crippen LogP contribution in [0.3, 0.4) is 0 Å². The molecule has 170 valence electrons. The Bertz CT molecular complexity index is 1020. The van der Waals surface area contributed by atoms with E-state index in [-0.39, 0.29) is 11.7 Å². The monoisotopic (exact) mass is 477 g/mol. The van der Waals surface area contributed by atoms with Gasteiger partial charge < -0.3 is 14.2 Å². The molecule has 0 aliphatic heterocycles. The Morgan fingerprint density at radius 1 is 1.03 bits per heavy atom. The number of nitrogens with one attached hydrogen (secondary N) is 1. The molecule has 3 rings (SSSR count). The van der Waals surface area contributed by atoms with Crippen LogP contribution >= 0.6 is 23.3 Å². The summed E-state index contributed by atoms with van der Waals surface area (Å²) in [7, 11) is 0. The van der Waals surface area contributed by atoms with E-state index < -0.39 is 0 Å². The molecule has 1 N–H and O–H groups in total. The van der Waals surface area contributed by atoms with Crippen molar-refractivity contribution in [2.45, 2.75) is 31.7 Å². The number of carbonyl (C=O) groups is 1. The van der Waals surface area contributed by atoms with Gasteiger partial charge in [0.1, 0.15) is 5.82 Å². The smallest absolute Gasteiger partial charge is 0.257 e. The quantitative estimate of drug-likeness (QED) is 0.369. The predicted octanol–water partition coefficient (Wildman–Crippen LogP) is 5.42. The van der Waals surface area contributed by atoms with Gasteiger partial charge in [-0.25, -0.2) is 4.39 Å². The fourth-order valence-corrected chi connectivity index (χ4v) is 4.23. The summed E-state index contributed by atoms with van der Waals surface area (Å²) < 4.78 is 34.3. The average molecular weight is 478 g/mol. The minimum Gasteiger partial charge on any atom is -0.490 e. The highest BCUT2D eigenvalue weighted by Crippen LogP contribution is 2.39. The molecule has 0 aliphatic rings. The second-order valence-corrected chi connectivity index (χ2v) is 8.05. The zero-order valence-corrected chi connectivity index (χ0v) is 19.6. The van der Waals surface area contributed by atoms with Crippen LogP contribution in [0.4, 0.5) is 9.52 Å². The third-order valence-corrected chi connectivity index (χ3v) is 5.74. The van der Waals surface area contributed by atoms with Crippen LogP contribution in [0.15, 0.2) is 41.6 Å². The number of benzene rings is 2. The number of hydrogen-bond acceptors (Lipinski definition) is 8. The Labute approximate surface area is 194 Å². The molecule has 0 saturated carbocycles. The van der Waals surface area contributed by atoms with E-state index in [1.165, 1.54) is 23.9 Å². The molecule has 0 aliphatic carbocycles. The summed E-state index contributed by atoms with van der Waals surface area (Å²) in [5.41, 5.74) is 1.31. The number of nitrogens with zero attached hydrogens (tertiary/aromatic N) is 2. The first-order chi connectivity index (χ1) is 15.5. The van der Waals surface area contributed by atoms with Gasteiger partial charge in [0.25, 0.3) is 5.91 Å². The topological polar surface area (TPSA) is 82.6 Å². The maximum Gasteiger partial charge on any atom is 0.257 e.